The Morgan fingerprint density at radius 1 is 1.30 bits per heavy atom. The molecule has 0 saturated carbocycles. The van der Waals surface area contributed by atoms with Crippen LogP contribution in [0.2, 0.25) is 0 Å². The lowest BCUT2D eigenvalue weighted by atomic mass is 10.1. The molecule has 1 aliphatic heterocycles. The number of aryl methyl sites for hydroxylation is 1. The number of nitrogens with two attached hydrogens (primary N) is 1. The number of esters is 1. The average Bonchev–Trinajstić information content (AvgIpc) is 3.51. The molecule has 10 nitrogen and oxygen atoms in total. The SMILES string of the molecule is COC(=O)c1c(NC(=O)CSc2nnc(C3COc4ccccc4O3)n2N)sc2c1CCC2. The summed E-state index contributed by atoms with van der Waals surface area (Å²) in [7, 11) is 1.34. The first kappa shape index (κ1) is 21.6. The van der Waals surface area contributed by atoms with Crippen LogP contribution in [0.4, 0.5) is 5.00 Å². The quantitative estimate of drug-likeness (QED) is 0.306. The molecule has 3 N–H and O–H groups in total. The van der Waals surface area contributed by atoms with E-state index in [-0.39, 0.29) is 18.3 Å². The Hall–Kier alpha value is -3.25. The van der Waals surface area contributed by atoms with Crippen LogP contribution in [-0.2, 0) is 22.4 Å². The van der Waals surface area contributed by atoms with Crippen LogP contribution in [0.5, 0.6) is 11.5 Å². The van der Waals surface area contributed by atoms with Gasteiger partial charge in [0.2, 0.25) is 11.1 Å². The number of ether oxygens (including phenoxy) is 3. The number of rotatable bonds is 6. The number of aromatic nitrogens is 3. The van der Waals surface area contributed by atoms with Gasteiger partial charge in [0.1, 0.15) is 11.6 Å². The lowest BCUT2D eigenvalue weighted by molar-refractivity contribution is -0.113. The van der Waals surface area contributed by atoms with E-state index in [9.17, 15) is 9.59 Å². The fourth-order valence-electron chi connectivity index (χ4n) is 3.86. The molecule has 1 atom stereocenters. The van der Waals surface area contributed by atoms with E-state index < -0.39 is 12.1 Å². The molecule has 0 radical (unpaired) electrons. The van der Waals surface area contributed by atoms with Crippen molar-refractivity contribution in [3.8, 4) is 11.5 Å². The number of para-hydroxylation sites is 2. The molecule has 1 amide bonds. The second-order valence-corrected chi connectivity index (χ2v) is 9.51. The molecule has 12 heteroatoms. The summed E-state index contributed by atoms with van der Waals surface area (Å²) in [6.07, 6.45) is 2.21. The standard InChI is InChI=1S/C21H21N5O5S2/c1-29-20(28)17-11-5-4-8-15(11)33-19(17)23-16(27)10-32-21-25-24-18(26(21)22)14-9-30-12-6-2-3-7-13(12)31-14/h2-3,6-7,14H,4-5,8-10,22H2,1H3,(H,23,27). The van der Waals surface area contributed by atoms with Crippen molar-refractivity contribution < 1.29 is 23.8 Å². The van der Waals surface area contributed by atoms with Gasteiger partial charge in [-0.25, -0.2) is 9.47 Å². The van der Waals surface area contributed by atoms with Gasteiger partial charge in [-0.1, -0.05) is 23.9 Å². The van der Waals surface area contributed by atoms with Gasteiger partial charge in [-0.3, -0.25) is 4.79 Å². The first-order valence-electron chi connectivity index (χ1n) is 10.3. The van der Waals surface area contributed by atoms with Crippen LogP contribution in [0, 0.1) is 0 Å². The molecule has 5 rings (SSSR count). The summed E-state index contributed by atoms with van der Waals surface area (Å²) < 4.78 is 17.9. The summed E-state index contributed by atoms with van der Waals surface area (Å²) in [5.74, 6) is 7.17. The maximum atomic E-state index is 12.6. The molecular formula is C21H21N5O5S2. The number of hydrogen-bond donors (Lipinski definition) is 2. The number of methoxy groups -OCH3 is 1. The largest absolute Gasteiger partial charge is 0.485 e. The first-order valence-corrected chi connectivity index (χ1v) is 12.1. The van der Waals surface area contributed by atoms with Gasteiger partial charge in [-0.05, 0) is 37.0 Å². The number of thioether (sulfide) groups is 1. The predicted octanol–water partition coefficient (Wildman–Crippen LogP) is 2.57. The Morgan fingerprint density at radius 2 is 2.12 bits per heavy atom. The van der Waals surface area contributed by atoms with Gasteiger partial charge in [0.05, 0.1) is 18.4 Å². The third kappa shape index (κ3) is 4.11. The molecule has 0 spiro atoms. The molecule has 0 saturated heterocycles. The normalized spacial score (nSPS) is 16.3. The summed E-state index contributed by atoms with van der Waals surface area (Å²) in [6.45, 7) is 0.247. The Balaban J connectivity index is 1.24. The second kappa shape index (κ2) is 8.94. The molecule has 3 aromatic rings. The minimum Gasteiger partial charge on any atom is -0.485 e. The van der Waals surface area contributed by atoms with Gasteiger partial charge < -0.3 is 25.4 Å². The van der Waals surface area contributed by atoms with Crippen molar-refractivity contribution in [2.24, 2.45) is 0 Å². The summed E-state index contributed by atoms with van der Waals surface area (Å²) in [5.41, 5.74) is 1.45. The van der Waals surface area contributed by atoms with Crippen molar-refractivity contribution in [3.05, 3.63) is 46.1 Å². The highest BCUT2D eigenvalue weighted by Gasteiger charge is 2.30. The molecule has 2 aliphatic rings. The van der Waals surface area contributed by atoms with E-state index in [0.717, 1.165) is 41.5 Å². The number of carbonyl (C=O) groups is 2. The van der Waals surface area contributed by atoms with Crippen molar-refractivity contribution >= 4 is 40.0 Å². The van der Waals surface area contributed by atoms with E-state index >= 15 is 0 Å². The Bertz CT molecular complexity index is 1220. The van der Waals surface area contributed by atoms with Crippen LogP contribution in [0.3, 0.4) is 0 Å². The maximum absolute atomic E-state index is 12.6. The number of nitrogens with zero attached hydrogens (tertiary/aromatic N) is 3. The number of carbonyl (C=O) groups excluding carboxylic acids is 2. The van der Waals surface area contributed by atoms with Gasteiger partial charge in [-0.15, -0.1) is 21.5 Å². The zero-order valence-corrected chi connectivity index (χ0v) is 19.3. The van der Waals surface area contributed by atoms with Crippen molar-refractivity contribution in [2.45, 2.75) is 30.5 Å². The van der Waals surface area contributed by atoms with Gasteiger partial charge >= 0.3 is 5.97 Å². The topological polar surface area (TPSA) is 131 Å². The highest BCUT2D eigenvalue weighted by Crippen LogP contribution is 2.40. The number of hydrogen-bond acceptors (Lipinski definition) is 10. The Labute approximate surface area is 197 Å². The van der Waals surface area contributed by atoms with E-state index in [4.69, 9.17) is 20.1 Å². The highest BCUT2D eigenvalue weighted by atomic mass is 32.2. The van der Waals surface area contributed by atoms with E-state index in [1.165, 1.54) is 23.1 Å². The van der Waals surface area contributed by atoms with Crippen molar-refractivity contribution in [1.29, 1.82) is 0 Å². The number of nitrogen functional groups attached to an aromatic ring is 1. The molecule has 33 heavy (non-hydrogen) atoms. The van der Waals surface area contributed by atoms with Crippen molar-refractivity contribution in [1.82, 2.24) is 14.9 Å². The van der Waals surface area contributed by atoms with Crippen molar-refractivity contribution in [3.63, 3.8) is 0 Å². The van der Waals surface area contributed by atoms with Gasteiger partial charge in [0, 0.05) is 4.88 Å². The van der Waals surface area contributed by atoms with Crippen LogP contribution in [-0.4, -0.2) is 46.2 Å². The molecular weight excluding hydrogens is 466 g/mol. The van der Waals surface area contributed by atoms with E-state index in [2.05, 4.69) is 15.5 Å². The number of amides is 1. The van der Waals surface area contributed by atoms with E-state index in [1.807, 2.05) is 24.3 Å². The summed E-state index contributed by atoms with van der Waals surface area (Å²) in [4.78, 5) is 26.0. The molecule has 3 heterocycles. The molecule has 0 bridgehead atoms. The van der Waals surface area contributed by atoms with Crippen molar-refractivity contribution in [2.75, 3.05) is 30.6 Å². The van der Waals surface area contributed by atoms with E-state index in [0.29, 0.717) is 33.0 Å². The molecule has 1 unspecified atom stereocenters. The molecule has 2 aromatic heterocycles. The number of benzene rings is 1. The van der Waals surface area contributed by atoms with Crippen LogP contribution in [0.1, 0.15) is 39.1 Å². The number of fused-ring (bicyclic) bond motifs is 2. The molecule has 0 fully saturated rings. The fraction of sp³-hybridized carbons (Fsp3) is 0.333. The third-order valence-electron chi connectivity index (χ3n) is 5.38. The number of thiophene rings is 1. The van der Waals surface area contributed by atoms with Gasteiger partial charge in [-0.2, -0.15) is 0 Å². The lowest BCUT2D eigenvalue weighted by Crippen LogP contribution is -2.27. The summed E-state index contributed by atoms with van der Waals surface area (Å²) >= 11 is 2.57. The number of anilines is 1. The average molecular weight is 488 g/mol. The highest BCUT2D eigenvalue weighted by molar-refractivity contribution is 7.99. The zero-order valence-electron chi connectivity index (χ0n) is 17.7. The van der Waals surface area contributed by atoms with E-state index in [1.54, 1.807) is 0 Å². The smallest absolute Gasteiger partial charge is 0.341 e. The fourth-order valence-corrected chi connectivity index (χ4v) is 5.81. The van der Waals surface area contributed by atoms with Gasteiger partial charge in [0.25, 0.3) is 0 Å². The van der Waals surface area contributed by atoms with Gasteiger partial charge in [0.15, 0.2) is 23.4 Å². The predicted molar refractivity (Wildman–Crippen MR) is 123 cm³/mol. The van der Waals surface area contributed by atoms with Crippen LogP contribution in [0.15, 0.2) is 29.4 Å². The van der Waals surface area contributed by atoms with Crippen LogP contribution < -0.4 is 20.6 Å². The van der Waals surface area contributed by atoms with Crippen LogP contribution >= 0.6 is 23.1 Å². The van der Waals surface area contributed by atoms with Crippen LogP contribution in [0.25, 0.3) is 0 Å². The minimum absolute atomic E-state index is 0.0450. The summed E-state index contributed by atoms with van der Waals surface area (Å²) in [5, 5.41) is 11.9. The molecule has 1 aromatic carbocycles. The Kier molecular flexibility index (Phi) is 5.85. The lowest BCUT2D eigenvalue weighted by Gasteiger charge is -2.25. The third-order valence-corrected chi connectivity index (χ3v) is 7.53. The maximum Gasteiger partial charge on any atom is 0.341 e. The second-order valence-electron chi connectivity index (χ2n) is 7.46. The molecule has 1 aliphatic carbocycles. The minimum atomic E-state index is -0.517. The molecule has 172 valence electrons. The monoisotopic (exact) mass is 487 g/mol. The Morgan fingerprint density at radius 3 is 2.94 bits per heavy atom. The first-order chi connectivity index (χ1) is 16.0. The zero-order chi connectivity index (χ0) is 22.9. The summed E-state index contributed by atoms with van der Waals surface area (Å²) in [6, 6.07) is 7.35. The number of nitrogens with one attached hydrogen (secondary N) is 1.